The number of hydrogen-bond donors (Lipinski definition) is 2. The van der Waals surface area contributed by atoms with Crippen LogP contribution >= 0.6 is 0 Å². The number of carbonyl (C=O) groups excluding carboxylic acids is 2. The van der Waals surface area contributed by atoms with Crippen LogP contribution in [0, 0.1) is 0 Å². The third-order valence-corrected chi connectivity index (χ3v) is 5.79. The van der Waals surface area contributed by atoms with Gasteiger partial charge in [0, 0.05) is 35.3 Å². The molecule has 0 saturated heterocycles. The van der Waals surface area contributed by atoms with Gasteiger partial charge in [-0.05, 0) is 42.3 Å². The van der Waals surface area contributed by atoms with Gasteiger partial charge in [0.2, 0.25) is 5.88 Å². The number of benzene rings is 2. The van der Waals surface area contributed by atoms with Crippen LogP contribution < -0.4 is 15.4 Å². The second kappa shape index (κ2) is 9.92. The van der Waals surface area contributed by atoms with E-state index in [0.29, 0.717) is 22.0 Å². The molecule has 0 aliphatic rings. The highest BCUT2D eigenvalue weighted by Gasteiger charge is 2.34. The minimum absolute atomic E-state index is 0.132. The van der Waals surface area contributed by atoms with Crippen molar-refractivity contribution in [1.29, 1.82) is 0 Å². The summed E-state index contributed by atoms with van der Waals surface area (Å²) in [5.74, 6) is -2.42. The molecule has 2 heterocycles. The summed E-state index contributed by atoms with van der Waals surface area (Å²) in [6.45, 7) is -1.38. The van der Waals surface area contributed by atoms with Gasteiger partial charge in [-0.2, -0.15) is 18.3 Å². The SMILES string of the molecule is [2H]C([2H])([2H])NC(=O)c1nn(C)c2cc(-c3cnc(OC([2H])([2H])[2H])c(C(=O)N[C@H](C)c4ccccc4C(F)(F)F)c3)ccc12. The summed E-state index contributed by atoms with van der Waals surface area (Å²) in [7, 11) is -1.46. The topological polar surface area (TPSA) is 98.1 Å². The van der Waals surface area contributed by atoms with Gasteiger partial charge < -0.3 is 15.4 Å². The van der Waals surface area contributed by atoms with Gasteiger partial charge in [0.1, 0.15) is 5.56 Å². The highest BCUT2D eigenvalue weighted by atomic mass is 19.4. The number of rotatable bonds is 6. The number of ether oxygens (including phenoxy) is 1. The zero-order chi connectivity index (χ0) is 31.9. The van der Waals surface area contributed by atoms with Crippen molar-refractivity contribution in [2.45, 2.75) is 19.1 Å². The van der Waals surface area contributed by atoms with Gasteiger partial charge in [0.05, 0.1) is 28.3 Å². The summed E-state index contributed by atoms with van der Waals surface area (Å²) in [5.41, 5.74) is -0.477. The van der Waals surface area contributed by atoms with Crippen LogP contribution in [-0.4, -0.2) is 40.6 Å². The molecule has 2 aromatic heterocycles. The fourth-order valence-electron chi connectivity index (χ4n) is 4.00. The van der Waals surface area contributed by atoms with E-state index in [9.17, 15) is 22.8 Å². The summed E-state index contributed by atoms with van der Waals surface area (Å²) in [6.07, 6.45) is -3.44. The number of fused-ring (bicyclic) bond motifs is 1. The lowest BCUT2D eigenvalue weighted by molar-refractivity contribution is -0.138. The molecule has 2 aromatic carbocycles. The molecule has 37 heavy (non-hydrogen) atoms. The number of alkyl halides is 3. The number of aromatic nitrogens is 3. The Morgan fingerprint density at radius 1 is 1.11 bits per heavy atom. The van der Waals surface area contributed by atoms with Crippen molar-refractivity contribution >= 4 is 22.7 Å². The second-order valence-electron chi connectivity index (χ2n) is 8.12. The fourth-order valence-corrected chi connectivity index (χ4v) is 4.00. The average Bonchev–Trinajstić information content (AvgIpc) is 3.22. The molecule has 0 bridgehead atoms. The third-order valence-electron chi connectivity index (χ3n) is 5.79. The lowest BCUT2D eigenvalue weighted by atomic mass is 10.00. The Hall–Kier alpha value is -4.41. The van der Waals surface area contributed by atoms with Gasteiger partial charge in [0.25, 0.3) is 11.8 Å². The van der Waals surface area contributed by atoms with E-state index in [1.165, 1.54) is 55.2 Å². The van der Waals surface area contributed by atoms with E-state index in [2.05, 4.69) is 15.4 Å². The number of halogens is 3. The van der Waals surface area contributed by atoms with Crippen molar-refractivity contribution in [3.63, 3.8) is 0 Å². The Balaban J connectivity index is 1.73. The monoisotopic (exact) mass is 517 g/mol. The first-order valence-electron chi connectivity index (χ1n) is 13.8. The van der Waals surface area contributed by atoms with Crippen LogP contribution in [0.3, 0.4) is 0 Å². The third kappa shape index (κ3) is 4.97. The summed E-state index contributed by atoms with van der Waals surface area (Å²) in [5, 5.41) is 8.77. The first-order chi connectivity index (χ1) is 19.8. The Bertz CT molecular complexity index is 1700. The van der Waals surface area contributed by atoms with Gasteiger partial charge in [-0.1, -0.05) is 24.3 Å². The Morgan fingerprint density at radius 3 is 2.62 bits per heavy atom. The van der Waals surface area contributed by atoms with E-state index < -0.39 is 49.5 Å². The summed E-state index contributed by atoms with van der Waals surface area (Å²) in [6, 6.07) is 9.49. The number of aryl methyl sites for hydroxylation is 1. The molecule has 2 N–H and O–H groups in total. The predicted octanol–water partition coefficient (Wildman–Crippen LogP) is 4.51. The standard InChI is InChI=1S/C26H24F3N5O3/c1-14(17-7-5-6-8-20(17)26(27,28)29)32-23(35)19-11-16(13-31-25(19)37-4)15-9-10-18-21(12-15)34(3)33-22(18)24(36)30-2/h5-14H,1-4H3,(H,30,36)(H,32,35)/t14-/m1/s1/i2D3,4D3. The van der Waals surface area contributed by atoms with Crippen LogP contribution in [0.4, 0.5) is 13.2 Å². The molecule has 2 amide bonds. The van der Waals surface area contributed by atoms with Crippen molar-refractivity contribution in [1.82, 2.24) is 25.4 Å². The highest BCUT2D eigenvalue weighted by molar-refractivity contribution is 6.05. The van der Waals surface area contributed by atoms with Crippen LogP contribution in [0.2, 0.25) is 0 Å². The maximum Gasteiger partial charge on any atom is 0.416 e. The van der Waals surface area contributed by atoms with E-state index in [1.807, 2.05) is 5.32 Å². The Morgan fingerprint density at radius 2 is 1.89 bits per heavy atom. The Kier molecular flexibility index (Phi) is 5.04. The highest BCUT2D eigenvalue weighted by Crippen LogP contribution is 2.35. The quantitative estimate of drug-likeness (QED) is 0.392. The van der Waals surface area contributed by atoms with Crippen molar-refractivity contribution in [2.75, 3.05) is 14.0 Å². The maximum atomic E-state index is 13.6. The van der Waals surface area contributed by atoms with Crippen LogP contribution in [0.15, 0.2) is 54.7 Å². The summed E-state index contributed by atoms with van der Waals surface area (Å²) >= 11 is 0. The molecule has 0 aliphatic heterocycles. The fraction of sp³-hybridized carbons (Fsp3) is 0.231. The van der Waals surface area contributed by atoms with Crippen LogP contribution in [0.1, 0.15) is 53.2 Å². The molecule has 4 rings (SSSR count). The molecule has 8 nitrogen and oxygen atoms in total. The number of nitrogens with zero attached hydrogens (tertiary/aromatic N) is 3. The molecule has 11 heteroatoms. The first-order valence-corrected chi connectivity index (χ1v) is 10.8. The van der Waals surface area contributed by atoms with Gasteiger partial charge in [-0.25, -0.2) is 4.98 Å². The summed E-state index contributed by atoms with van der Waals surface area (Å²) in [4.78, 5) is 29.8. The minimum atomic E-state index is -4.68. The lowest BCUT2D eigenvalue weighted by Crippen LogP contribution is -2.29. The molecule has 0 saturated carbocycles. The van der Waals surface area contributed by atoms with Crippen molar-refractivity contribution in [3.8, 4) is 17.0 Å². The maximum absolute atomic E-state index is 13.6. The van der Waals surface area contributed by atoms with E-state index in [0.717, 1.165) is 6.07 Å². The number of nitrogens with one attached hydrogen (secondary N) is 2. The molecule has 0 spiro atoms. The van der Waals surface area contributed by atoms with Crippen molar-refractivity contribution in [2.24, 2.45) is 7.05 Å². The zero-order valence-electron chi connectivity index (χ0n) is 25.5. The largest absolute Gasteiger partial charge is 0.480 e. The van der Waals surface area contributed by atoms with E-state index in [4.69, 9.17) is 13.0 Å². The summed E-state index contributed by atoms with van der Waals surface area (Å²) < 4.78 is 91.0. The van der Waals surface area contributed by atoms with Gasteiger partial charge in [-0.3, -0.25) is 14.3 Å². The normalized spacial score (nSPS) is 15.4. The van der Waals surface area contributed by atoms with E-state index in [-0.39, 0.29) is 16.8 Å². The van der Waals surface area contributed by atoms with Crippen molar-refractivity contribution < 1.29 is 35.7 Å². The van der Waals surface area contributed by atoms with E-state index >= 15 is 0 Å². The molecular formula is C26H24F3N5O3. The Labute approximate surface area is 218 Å². The molecule has 0 radical (unpaired) electrons. The molecular weight excluding hydrogens is 487 g/mol. The molecule has 192 valence electrons. The molecule has 0 unspecified atom stereocenters. The zero-order valence-corrected chi connectivity index (χ0v) is 19.5. The van der Waals surface area contributed by atoms with Crippen LogP contribution in [-0.2, 0) is 13.2 Å². The number of carbonyl (C=O) groups is 2. The van der Waals surface area contributed by atoms with Gasteiger partial charge in [-0.15, -0.1) is 0 Å². The van der Waals surface area contributed by atoms with Crippen molar-refractivity contribution in [3.05, 3.63) is 77.1 Å². The van der Waals surface area contributed by atoms with Gasteiger partial charge in [0.15, 0.2) is 5.69 Å². The predicted molar refractivity (Wildman–Crippen MR) is 131 cm³/mol. The second-order valence-corrected chi connectivity index (χ2v) is 8.12. The molecule has 1 atom stereocenters. The number of pyridine rings is 1. The molecule has 0 aliphatic carbocycles. The molecule has 0 fully saturated rings. The number of hydrogen-bond acceptors (Lipinski definition) is 5. The minimum Gasteiger partial charge on any atom is -0.480 e. The number of amides is 2. The average molecular weight is 518 g/mol. The lowest BCUT2D eigenvalue weighted by Gasteiger charge is -2.20. The smallest absolute Gasteiger partial charge is 0.416 e. The number of methoxy groups -OCH3 is 1. The first kappa shape index (κ1) is 18.8. The van der Waals surface area contributed by atoms with Gasteiger partial charge >= 0.3 is 6.18 Å². The van der Waals surface area contributed by atoms with E-state index in [1.54, 1.807) is 12.1 Å². The molecule has 4 aromatic rings. The van der Waals surface area contributed by atoms with Crippen LogP contribution in [0.5, 0.6) is 5.88 Å². The van der Waals surface area contributed by atoms with Crippen LogP contribution in [0.25, 0.3) is 22.0 Å².